The van der Waals surface area contributed by atoms with Crippen molar-refractivity contribution < 1.29 is 9.59 Å². The second-order valence-corrected chi connectivity index (χ2v) is 12.1. The van der Waals surface area contributed by atoms with Gasteiger partial charge in [0.1, 0.15) is 5.82 Å². The molecule has 1 saturated carbocycles. The van der Waals surface area contributed by atoms with Gasteiger partial charge >= 0.3 is 0 Å². The predicted octanol–water partition coefficient (Wildman–Crippen LogP) is 4.18. The van der Waals surface area contributed by atoms with Crippen LogP contribution in [-0.4, -0.2) is 65.3 Å². The number of amides is 2. The molecule has 184 valence electrons. The number of nitrogens with zero attached hydrogens (tertiary/aromatic N) is 4. The zero-order chi connectivity index (χ0) is 23.5. The van der Waals surface area contributed by atoms with Gasteiger partial charge in [-0.25, -0.2) is 0 Å². The number of hydrogen-bond donors (Lipinski definition) is 0. The topological polar surface area (TPSA) is 56.8 Å². The first kappa shape index (κ1) is 22.0. The van der Waals surface area contributed by atoms with E-state index in [1.807, 2.05) is 0 Å². The second kappa shape index (κ2) is 8.70. The van der Waals surface area contributed by atoms with E-state index in [-0.39, 0.29) is 23.7 Å². The lowest BCUT2D eigenvalue weighted by atomic mass is 9.78. The maximum absolute atomic E-state index is 13.3. The average Bonchev–Trinajstić information content (AvgIpc) is 3.66. The zero-order valence-corrected chi connectivity index (χ0v) is 21.1. The monoisotopic (exact) mass is 490 g/mol. The molecule has 35 heavy (non-hydrogen) atoms. The number of anilines is 1. The molecule has 5 atom stereocenters. The summed E-state index contributed by atoms with van der Waals surface area (Å²) in [5, 5.41) is 1.27. The fourth-order valence-electron chi connectivity index (χ4n) is 7.64. The molecule has 6 nitrogen and oxygen atoms in total. The Morgan fingerprint density at radius 3 is 2.49 bits per heavy atom. The Kier molecular flexibility index (Phi) is 5.46. The Labute approximate surface area is 211 Å². The number of carbonyl (C=O) groups is 2. The number of hydrogen-bond acceptors (Lipinski definition) is 6. The Morgan fingerprint density at radius 2 is 1.69 bits per heavy atom. The van der Waals surface area contributed by atoms with Crippen LogP contribution in [0.3, 0.4) is 0 Å². The van der Waals surface area contributed by atoms with Crippen LogP contribution in [0.15, 0.2) is 35.9 Å². The highest BCUT2D eigenvalue weighted by molar-refractivity contribution is 7.13. The summed E-state index contributed by atoms with van der Waals surface area (Å²) in [7, 11) is 0. The highest BCUT2D eigenvalue weighted by Crippen LogP contribution is 2.52. The molecule has 3 aliphatic carbocycles. The molecular formula is C28H34N4O2S. The lowest BCUT2D eigenvalue weighted by Crippen LogP contribution is -2.49. The highest BCUT2D eigenvalue weighted by atomic mass is 32.1. The van der Waals surface area contributed by atoms with E-state index in [1.165, 1.54) is 34.9 Å². The van der Waals surface area contributed by atoms with Gasteiger partial charge in [-0.05, 0) is 67.1 Å². The zero-order valence-electron chi connectivity index (χ0n) is 20.3. The third kappa shape index (κ3) is 3.65. The molecule has 2 amide bonds. The van der Waals surface area contributed by atoms with Crippen molar-refractivity contribution in [1.29, 1.82) is 0 Å². The number of aromatic nitrogens is 1. The van der Waals surface area contributed by atoms with E-state index in [4.69, 9.17) is 4.37 Å². The van der Waals surface area contributed by atoms with Gasteiger partial charge in [0.05, 0.1) is 16.5 Å². The normalized spacial score (nSPS) is 33.1. The lowest BCUT2D eigenvalue weighted by Gasteiger charge is -2.40. The average molecular weight is 491 g/mol. The fraction of sp³-hybridized carbons (Fsp3) is 0.607. The van der Waals surface area contributed by atoms with Crippen molar-refractivity contribution in [3.05, 3.63) is 35.9 Å². The van der Waals surface area contributed by atoms with Gasteiger partial charge in [-0.15, -0.1) is 0 Å². The lowest BCUT2D eigenvalue weighted by molar-refractivity contribution is -0.141. The smallest absolute Gasteiger partial charge is 0.237 e. The quantitative estimate of drug-likeness (QED) is 0.465. The molecule has 5 aliphatic rings. The van der Waals surface area contributed by atoms with E-state index in [9.17, 15) is 9.59 Å². The predicted molar refractivity (Wildman–Crippen MR) is 138 cm³/mol. The fourth-order valence-corrected chi connectivity index (χ4v) is 8.44. The Bertz CT molecular complexity index is 1180. The van der Waals surface area contributed by atoms with Gasteiger partial charge in [0, 0.05) is 44.7 Å². The number of imide groups is 1. The maximum atomic E-state index is 13.3. The molecule has 0 spiro atoms. The van der Waals surface area contributed by atoms with Gasteiger partial charge in [-0.1, -0.05) is 36.6 Å². The molecule has 2 saturated heterocycles. The largest absolute Gasteiger partial charge is 0.353 e. The molecule has 1 unspecified atom stereocenters. The molecule has 2 aromatic rings. The summed E-state index contributed by atoms with van der Waals surface area (Å²) in [5.74, 6) is 2.55. The molecule has 7 rings (SSSR count). The third-order valence-electron chi connectivity index (χ3n) is 9.50. The Hall–Kier alpha value is -2.25. The van der Waals surface area contributed by atoms with Gasteiger partial charge in [-0.2, -0.15) is 4.37 Å². The van der Waals surface area contributed by atoms with Crippen molar-refractivity contribution in [1.82, 2.24) is 14.2 Å². The minimum absolute atomic E-state index is 0.0665. The maximum Gasteiger partial charge on any atom is 0.237 e. The number of benzene rings is 1. The van der Waals surface area contributed by atoms with Crippen LogP contribution in [0.25, 0.3) is 10.1 Å². The van der Waals surface area contributed by atoms with E-state index in [0.29, 0.717) is 24.3 Å². The Balaban J connectivity index is 0.990. The van der Waals surface area contributed by atoms with E-state index >= 15 is 0 Å². The molecule has 2 aliphatic heterocycles. The second-order valence-electron chi connectivity index (χ2n) is 11.3. The highest BCUT2D eigenvalue weighted by Gasteiger charge is 2.57. The minimum Gasteiger partial charge on any atom is -0.353 e. The van der Waals surface area contributed by atoms with E-state index < -0.39 is 0 Å². The molecule has 0 radical (unpaired) electrons. The number of fused-ring (bicyclic) bond motifs is 5. The van der Waals surface area contributed by atoms with Crippen molar-refractivity contribution in [3.8, 4) is 0 Å². The first-order valence-electron chi connectivity index (χ1n) is 13.5. The molecule has 3 heterocycles. The summed E-state index contributed by atoms with van der Waals surface area (Å²) in [4.78, 5) is 33.2. The molecule has 3 fully saturated rings. The van der Waals surface area contributed by atoms with Crippen molar-refractivity contribution in [2.24, 2.45) is 29.6 Å². The number of rotatable bonds is 5. The van der Waals surface area contributed by atoms with Crippen LogP contribution < -0.4 is 4.90 Å². The van der Waals surface area contributed by atoms with Crippen LogP contribution in [0.5, 0.6) is 0 Å². The van der Waals surface area contributed by atoms with Crippen molar-refractivity contribution >= 4 is 39.3 Å². The summed E-state index contributed by atoms with van der Waals surface area (Å²) in [5.41, 5.74) is 1.26. The van der Waals surface area contributed by atoms with E-state index in [2.05, 4.69) is 40.1 Å². The van der Waals surface area contributed by atoms with Crippen LogP contribution in [0.4, 0.5) is 5.82 Å². The molecule has 1 aromatic carbocycles. The number of carbonyl (C=O) groups excluding carboxylic acids is 2. The number of allylic oxidation sites excluding steroid dienone is 1. The van der Waals surface area contributed by atoms with Crippen molar-refractivity contribution in [2.75, 3.05) is 44.2 Å². The first-order valence-corrected chi connectivity index (χ1v) is 14.3. The standard InChI is InChI=1S/C28H34N4O2S/c33-27-24-18-9-10-19(15-18)25(24)28(34)32(27)17-21-6-2-1-5-20(21)16-30-11-13-31(14-12-30)26-22-7-3-4-8-23(22)35-29-26/h3-4,7-8,15,18,20-21,24-25H,1-2,5-6,9-14,16-17H2/t18?,20-,21-,24-,25+/m0/s1. The summed E-state index contributed by atoms with van der Waals surface area (Å²) < 4.78 is 6.02. The van der Waals surface area contributed by atoms with Crippen LogP contribution in [0.2, 0.25) is 0 Å². The van der Waals surface area contributed by atoms with Crippen LogP contribution >= 0.6 is 11.5 Å². The molecule has 2 bridgehead atoms. The summed E-state index contributed by atoms with van der Waals surface area (Å²) in [6.45, 7) is 5.86. The molecular weight excluding hydrogens is 456 g/mol. The first-order chi connectivity index (χ1) is 17.2. The SMILES string of the molecule is O=C1[C@@H]2C3=CC(CC3)[C@@H]2C(=O)N1C[C@@H]1CCCC[C@H]1CN1CCN(c2nsc3ccccc23)CC1. The van der Waals surface area contributed by atoms with Gasteiger partial charge < -0.3 is 4.90 Å². The molecule has 0 N–H and O–H groups in total. The van der Waals surface area contributed by atoms with Crippen molar-refractivity contribution in [2.45, 2.75) is 38.5 Å². The molecule has 1 aromatic heterocycles. The van der Waals surface area contributed by atoms with E-state index in [0.717, 1.165) is 57.8 Å². The minimum atomic E-state index is -0.113. The van der Waals surface area contributed by atoms with Gasteiger partial charge in [0.15, 0.2) is 0 Å². The van der Waals surface area contributed by atoms with Crippen LogP contribution in [0.1, 0.15) is 38.5 Å². The van der Waals surface area contributed by atoms with Crippen LogP contribution in [-0.2, 0) is 9.59 Å². The van der Waals surface area contributed by atoms with Crippen molar-refractivity contribution in [3.63, 3.8) is 0 Å². The van der Waals surface area contributed by atoms with Gasteiger partial charge in [0.25, 0.3) is 0 Å². The summed E-state index contributed by atoms with van der Waals surface area (Å²) >= 11 is 1.59. The summed E-state index contributed by atoms with van der Waals surface area (Å²) in [6.07, 6.45) is 9.19. The van der Waals surface area contributed by atoms with Gasteiger partial charge in [0.2, 0.25) is 11.8 Å². The van der Waals surface area contributed by atoms with Gasteiger partial charge in [-0.3, -0.25) is 19.4 Å². The number of likely N-dealkylation sites (tertiary alicyclic amines) is 1. The van der Waals surface area contributed by atoms with Crippen LogP contribution in [0, 0.1) is 29.6 Å². The Morgan fingerprint density at radius 1 is 0.914 bits per heavy atom. The number of piperazine rings is 1. The summed E-state index contributed by atoms with van der Waals surface area (Å²) in [6, 6.07) is 8.52. The molecule has 7 heteroatoms. The third-order valence-corrected chi connectivity index (χ3v) is 10.3. The van der Waals surface area contributed by atoms with E-state index in [1.54, 1.807) is 16.4 Å².